The summed E-state index contributed by atoms with van der Waals surface area (Å²) in [5.41, 5.74) is 2.55. The van der Waals surface area contributed by atoms with Crippen LogP contribution in [0.3, 0.4) is 0 Å². The molecule has 1 heterocycles. The van der Waals surface area contributed by atoms with Gasteiger partial charge in [0, 0.05) is 17.0 Å². The molecule has 0 saturated heterocycles. The third-order valence-electron chi connectivity index (χ3n) is 4.08. The largest absolute Gasteiger partial charge is 0.494 e. The van der Waals surface area contributed by atoms with E-state index >= 15 is 0 Å². The first kappa shape index (κ1) is 21.9. The van der Waals surface area contributed by atoms with Crippen molar-refractivity contribution in [3.05, 3.63) is 57.9 Å². The Morgan fingerprint density at radius 2 is 1.97 bits per heavy atom. The van der Waals surface area contributed by atoms with Crippen LogP contribution in [0.15, 0.2) is 52.3 Å². The first-order chi connectivity index (χ1) is 14.5. The van der Waals surface area contributed by atoms with Crippen molar-refractivity contribution < 1.29 is 19.0 Å². The number of amides is 1. The number of benzene rings is 2. The van der Waals surface area contributed by atoms with Gasteiger partial charge < -0.3 is 14.2 Å². The number of methoxy groups -OCH3 is 2. The highest BCUT2D eigenvalue weighted by molar-refractivity contribution is 9.10. The van der Waals surface area contributed by atoms with Crippen LogP contribution in [0.1, 0.15) is 12.5 Å². The Hall–Kier alpha value is -2.84. The second-order valence-corrected chi connectivity index (χ2v) is 7.77. The minimum Gasteiger partial charge on any atom is -0.494 e. The van der Waals surface area contributed by atoms with Gasteiger partial charge in [-0.3, -0.25) is 10.1 Å². The molecule has 0 atom stereocenters. The van der Waals surface area contributed by atoms with Gasteiger partial charge in [-0.2, -0.15) is 0 Å². The molecule has 156 valence electrons. The van der Waals surface area contributed by atoms with Crippen LogP contribution in [0.5, 0.6) is 17.2 Å². The quantitative estimate of drug-likeness (QED) is 0.415. The number of carbonyl (C=O) groups is 1. The zero-order chi connectivity index (χ0) is 21.5. The molecule has 2 aromatic carbocycles. The van der Waals surface area contributed by atoms with Crippen molar-refractivity contribution in [2.45, 2.75) is 6.92 Å². The molecule has 0 aliphatic rings. The fraction of sp³-hybridized carbons (Fsp3) is 0.182. The van der Waals surface area contributed by atoms with E-state index < -0.39 is 0 Å². The zero-order valence-electron chi connectivity index (χ0n) is 16.8. The number of carbonyl (C=O) groups excluding carboxylic acids is 1. The zero-order valence-corrected chi connectivity index (χ0v) is 19.2. The highest BCUT2D eigenvalue weighted by Crippen LogP contribution is 2.36. The lowest BCUT2D eigenvalue weighted by Crippen LogP contribution is -2.07. The minimum absolute atomic E-state index is 0.270. The van der Waals surface area contributed by atoms with E-state index in [-0.39, 0.29) is 5.91 Å². The summed E-state index contributed by atoms with van der Waals surface area (Å²) in [6.07, 6.45) is 3.15. The molecule has 3 aromatic rings. The van der Waals surface area contributed by atoms with Crippen LogP contribution in [0, 0.1) is 0 Å². The van der Waals surface area contributed by atoms with Crippen molar-refractivity contribution in [1.82, 2.24) is 4.98 Å². The fourth-order valence-electron chi connectivity index (χ4n) is 2.71. The Morgan fingerprint density at radius 3 is 2.63 bits per heavy atom. The topological polar surface area (TPSA) is 69.7 Å². The summed E-state index contributed by atoms with van der Waals surface area (Å²) < 4.78 is 16.8. The Balaban J connectivity index is 1.66. The lowest BCUT2D eigenvalue weighted by molar-refractivity contribution is -0.111. The summed E-state index contributed by atoms with van der Waals surface area (Å²) in [6, 6.07) is 11.3. The average Bonchev–Trinajstić information content (AvgIpc) is 3.21. The average molecular weight is 489 g/mol. The number of nitrogens with zero attached hydrogens (tertiary/aromatic N) is 1. The van der Waals surface area contributed by atoms with Gasteiger partial charge in [0.25, 0.3) is 0 Å². The molecular weight excluding hydrogens is 468 g/mol. The summed E-state index contributed by atoms with van der Waals surface area (Å²) in [5.74, 6) is 1.72. The highest BCUT2D eigenvalue weighted by Gasteiger charge is 2.10. The van der Waals surface area contributed by atoms with E-state index in [2.05, 4.69) is 26.2 Å². The van der Waals surface area contributed by atoms with Crippen LogP contribution in [-0.2, 0) is 4.79 Å². The second kappa shape index (κ2) is 10.3. The molecule has 0 saturated carbocycles. The number of nitrogens with one attached hydrogen (secondary N) is 1. The van der Waals surface area contributed by atoms with E-state index in [1.807, 2.05) is 42.6 Å². The third-order valence-corrected chi connectivity index (χ3v) is 5.43. The van der Waals surface area contributed by atoms with Gasteiger partial charge >= 0.3 is 0 Å². The highest BCUT2D eigenvalue weighted by atomic mass is 79.9. The summed E-state index contributed by atoms with van der Waals surface area (Å²) in [5, 5.41) is 5.22. The lowest BCUT2D eigenvalue weighted by Gasteiger charge is -2.10. The van der Waals surface area contributed by atoms with Crippen molar-refractivity contribution >= 4 is 44.4 Å². The standard InChI is InChI=1S/C22H21BrN2O4S/c1-4-29-16-8-6-15(7-9-16)18-13-30-22(24-18)25-20(26)10-5-14-11-17(23)21(28-3)19(12-14)27-2/h5-13H,4H2,1-3H3,(H,24,25,26)/b10-5+. The Labute approximate surface area is 187 Å². The predicted octanol–water partition coefficient (Wildman–Crippen LogP) is 5.64. The number of aromatic nitrogens is 1. The molecule has 0 radical (unpaired) electrons. The van der Waals surface area contributed by atoms with E-state index in [9.17, 15) is 4.79 Å². The molecule has 0 bridgehead atoms. The lowest BCUT2D eigenvalue weighted by atomic mass is 10.2. The minimum atomic E-state index is -0.270. The van der Waals surface area contributed by atoms with Gasteiger partial charge in [0.1, 0.15) is 5.75 Å². The normalized spacial score (nSPS) is 10.8. The molecule has 0 aliphatic heterocycles. The van der Waals surface area contributed by atoms with Gasteiger partial charge in [0.2, 0.25) is 5.91 Å². The summed E-state index contributed by atoms with van der Waals surface area (Å²) in [6.45, 7) is 2.57. The van der Waals surface area contributed by atoms with E-state index in [1.165, 1.54) is 17.4 Å². The number of hydrogen-bond acceptors (Lipinski definition) is 6. The van der Waals surface area contributed by atoms with Crippen LogP contribution < -0.4 is 19.5 Å². The maximum atomic E-state index is 12.3. The second-order valence-electron chi connectivity index (χ2n) is 6.06. The van der Waals surface area contributed by atoms with Crippen molar-refractivity contribution in [3.8, 4) is 28.5 Å². The summed E-state index contributed by atoms with van der Waals surface area (Å²) >= 11 is 4.81. The molecule has 3 rings (SSSR count). The number of rotatable bonds is 8. The molecule has 1 aromatic heterocycles. The number of anilines is 1. The predicted molar refractivity (Wildman–Crippen MR) is 124 cm³/mol. The monoisotopic (exact) mass is 488 g/mol. The molecule has 0 fully saturated rings. The van der Waals surface area contributed by atoms with Crippen molar-refractivity contribution in [1.29, 1.82) is 0 Å². The van der Waals surface area contributed by atoms with Crippen molar-refractivity contribution in [2.24, 2.45) is 0 Å². The maximum Gasteiger partial charge on any atom is 0.250 e. The molecule has 6 nitrogen and oxygen atoms in total. The Morgan fingerprint density at radius 1 is 1.20 bits per heavy atom. The SMILES string of the molecule is CCOc1ccc(-c2csc(NC(=O)/C=C/c3cc(Br)c(OC)c(OC)c3)n2)cc1. The van der Waals surface area contributed by atoms with Gasteiger partial charge in [0.15, 0.2) is 16.6 Å². The van der Waals surface area contributed by atoms with Crippen LogP contribution in [0.25, 0.3) is 17.3 Å². The van der Waals surface area contributed by atoms with E-state index in [0.29, 0.717) is 23.2 Å². The van der Waals surface area contributed by atoms with Crippen LogP contribution in [0.4, 0.5) is 5.13 Å². The van der Waals surface area contributed by atoms with Crippen LogP contribution >= 0.6 is 27.3 Å². The summed E-state index contributed by atoms with van der Waals surface area (Å²) in [7, 11) is 3.14. The van der Waals surface area contributed by atoms with E-state index in [1.54, 1.807) is 26.4 Å². The smallest absolute Gasteiger partial charge is 0.250 e. The number of hydrogen-bond donors (Lipinski definition) is 1. The van der Waals surface area contributed by atoms with E-state index in [4.69, 9.17) is 14.2 Å². The maximum absolute atomic E-state index is 12.3. The molecule has 0 unspecified atom stereocenters. The van der Waals surface area contributed by atoms with Crippen molar-refractivity contribution in [3.63, 3.8) is 0 Å². The molecule has 0 spiro atoms. The molecule has 0 aliphatic carbocycles. The van der Waals surface area contributed by atoms with Gasteiger partial charge in [-0.15, -0.1) is 11.3 Å². The molecule has 8 heteroatoms. The van der Waals surface area contributed by atoms with E-state index in [0.717, 1.165) is 27.0 Å². The molecule has 1 N–H and O–H groups in total. The van der Waals surface area contributed by atoms with Gasteiger partial charge in [-0.05, 0) is 70.9 Å². The van der Waals surface area contributed by atoms with Crippen LogP contribution in [-0.4, -0.2) is 31.7 Å². The number of thiazole rings is 1. The Bertz CT molecular complexity index is 1050. The first-order valence-corrected chi connectivity index (χ1v) is 10.8. The number of ether oxygens (including phenoxy) is 3. The van der Waals surface area contributed by atoms with Gasteiger partial charge in [0.05, 0.1) is 31.0 Å². The van der Waals surface area contributed by atoms with Crippen molar-refractivity contribution in [2.75, 3.05) is 26.1 Å². The first-order valence-electron chi connectivity index (χ1n) is 9.13. The van der Waals surface area contributed by atoms with Crippen LogP contribution in [0.2, 0.25) is 0 Å². The molecular formula is C22H21BrN2O4S. The molecule has 1 amide bonds. The fourth-order valence-corrected chi connectivity index (χ4v) is 4.05. The summed E-state index contributed by atoms with van der Waals surface area (Å²) in [4.78, 5) is 16.8. The molecule has 30 heavy (non-hydrogen) atoms. The Kier molecular flexibility index (Phi) is 7.48. The van der Waals surface area contributed by atoms with Gasteiger partial charge in [-0.1, -0.05) is 0 Å². The third kappa shape index (κ3) is 5.40. The van der Waals surface area contributed by atoms with Gasteiger partial charge in [-0.25, -0.2) is 4.98 Å². The number of halogens is 1.